The van der Waals surface area contributed by atoms with Gasteiger partial charge in [-0.05, 0) is 67.6 Å². The number of benzene rings is 2. The molecule has 202 valence electrons. The Balaban J connectivity index is 1.27. The van der Waals surface area contributed by atoms with Crippen molar-refractivity contribution in [2.75, 3.05) is 20.2 Å². The van der Waals surface area contributed by atoms with Gasteiger partial charge in [-0.2, -0.15) is 18.3 Å². The molecule has 2 heterocycles. The summed E-state index contributed by atoms with van der Waals surface area (Å²) in [6, 6.07) is 15.1. The van der Waals surface area contributed by atoms with Gasteiger partial charge >= 0.3 is 6.18 Å². The predicted octanol–water partition coefficient (Wildman–Crippen LogP) is 6.02. The highest BCUT2D eigenvalue weighted by Crippen LogP contribution is 2.48. The number of nitrogens with one attached hydrogen (secondary N) is 1. The van der Waals surface area contributed by atoms with Crippen molar-refractivity contribution in [3.8, 4) is 11.4 Å². The molecule has 0 radical (unpaired) electrons. The Hall–Kier alpha value is -2.88. The molecule has 6 nitrogen and oxygen atoms in total. The molecule has 2 saturated carbocycles. The SMILES string of the molecule is COc1ccc(-n2nc(C(F)(F)F)c3c2C[N+]([O-])(c2ccc(C4(CNC5CCCC5)CC4)cc2)CC3)cc1. The molecular formula is C29H33F3N4O2. The van der Waals surface area contributed by atoms with Crippen LogP contribution in [0.4, 0.5) is 18.9 Å². The van der Waals surface area contributed by atoms with Crippen molar-refractivity contribution in [1.29, 1.82) is 0 Å². The molecule has 0 amide bonds. The van der Waals surface area contributed by atoms with Gasteiger partial charge in [-0.15, -0.1) is 0 Å². The van der Waals surface area contributed by atoms with E-state index in [1.54, 1.807) is 24.3 Å². The van der Waals surface area contributed by atoms with Gasteiger partial charge in [-0.25, -0.2) is 4.68 Å². The van der Waals surface area contributed by atoms with Crippen LogP contribution in [0.15, 0.2) is 48.5 Å². The average molecular weight is 527 g/mol. The Bertz CT molecular complexity index is 1290. The maximum absolute atomic E-state index is 14.1. The third-order valence-corrected chi connectivity index (χ3v) is 8.69. The third kappa shape index (κ3) is 4.61. The number of ether oxygens (including phenoxy) is 1. The summed E-state index contributed by atoms with van der Waals surface area (Å²) in [6.07, 6.45) is 2.78. The van der Waals surface area contributed by atoms with Gasteiger partial charge in [0.25, 0.3) is 0 Å². The van der Waals surface area contributed by atoms with E-state index >= 15 is 0 Å². The maximum Gasteiger partial charge on any atom is 0.435 e. The number of quaternary nitrogens is 1. The lowest BCUT2D eigenvalue weighted by Crippen LogP contribution is -2.47. The second-order valence-corrected chi connectivity index (χ2v) is 11.1. The van der Waals surface area contributed by atoms with Crippen LogP contribution >= 0.6 is 0 Å². The summed E-state index contributed by atoms with van der Waals surface area (Å²) in [6.45, 7) is 0.884. The Morgan fingerprint density at radius 2 is 1.76 bits per heavy atom. The smallest absolute Gasteiger partial charge is 0.435 e. The fourth-order valence-corrected chi connectivity index (χ4v) is 6.18. The summed E-state index contributed by atoms with van der Waals surface area (Å²) in [5, 5.41) is 21.8. The van der Waals surface area contributed by atoms with Gasteiger partial charge in [-0.1, -0.05) is 25.0 Å². The van der Waals surface area contributed by atoms with Crippen molar-refractivity contribution >= 4 is 5.69 Å². The Kier molecular flexibility index (Phi) is 6.28. The van der Waals surface area contributed by atoms with Crippen LogP contribution in [0.1, 0.15) is 61.0 Å². The van der Waals surface area contributed by atoms with Gasteiger partial charge in [0.1, 0.15) is 23.7 Å². The van der Waals surface area contributed by atoms with Crippen LogP contribution in [-0.2, 0) is 24.6 Å². The largest absolute Gasteiger partial charge is 0.627 e. The van der Waals surface area contributed by atoms with Crippen molar-refractivity contribution in [2.24, 2.45) is 0 Å². The van der Waals surface area contributed by atoms with Crippen molar-refractivity contribution in [3.63, 3.8) is 0 Å². The van der Waals surface area contributed by atoms with Crippen LogP contribution in [0.3, 0.4) is 0 Å². The van der Waals surface area contributed by atoms with Crippen LogP contribution < -0.4 is 14.7 Å². The van der Waals surface area contributed by atoms with Gasteiger partial charge in [0.15, 0.2) is 5.69 Å². The van der Waals surface area contributed by atoms with Gasteiger partial charge in [0, 0.05) is 30.0 Å². The van der Waals surface area contributed by atoms with Crippen molar-refractivity contribution in [3.05, 3.63) is 76.3 Å². The minimum absolute atomic E-state index is 0.0147. The number of alkyl halides is 3. The maximum atomic E-state index is 14.1. The van der Waals surface area contributed by atoms with Crippen molar-refractivity contribution in [2.45, 2.75) is 69.1 Å². The van der Waals surface area contributed by atoms with Crippen LogP contribution in [-0.4, -0.2) is 36.0 Å². The molecule has 1 N–H and O–H groups in total. The zero-order valence-electron chi connectivity index (χ0n) is 21.6. The number of methoxy groups -OCH3 is 1. The first-order valence-corrected chi connectivity index (χ1v) is 13.5. The number of nitrogens with zero attached hydrogens (tertiary/aromatic N) is 3. The summed E-state index contributed by atoms with van der Waals surface area (Å²) in [4.78, 5) is 0. The molecule has 2 aromatic carbocycles. The summed E-state index contributed by atoms with van der Waals surface area (Å²) >= 11 is 0. The molecular weight excluding hydrogens is 493 g/mol. The highest BCUT2D eigenvalue weighted by atomic mass is 19.4. The molecule has 9 heteroatoms. The second kappa shape index (κ2) is 9.39. The van der Waals surface area contributed by atoms with Gasteiger partial charge in [0.2, 0.25) is 0 Å². The molecule has 3 aliphatic rings. The van der Waals surface area contributed by atoms with E-state index in [0.29, 0.717) is 28.9 Å². The normalized spacial score (nSPS) is 22.9. The lowest BCUT2D eigenvalue weighted by Gasteiger charge is -2.45. The van der Waals surface area contributed by atoms with E-state index in [0.717, 1.165) is 19.4 Å². The lowest BCUT2D eigenvalue weighted by molar-refractivity contribution is -0.142. The monoisotopic (exact) mass is 526 g/mol. The molecule has 2 aliphatic carbocycles. The number of fused-ring (bicyclic) bond motifs is 1. The number of halogens is 3. The zero-order valence-corrected chi connectivity index (χ0v) is 21.6. The molecule has 1 aliphatic heterocycles. The first-order chi connectivity index (χ1) is 18.2. The Morgan fingerprint density at radius 1 is 1.08 bits per heavy atom. The standard InChI is InChI=1S/C29H33F3N4O2/c1-38-24-12-8-22(9-13-24)35-26-18-36(37,17-14-25(26)27(34-35)29(30,31)32)23-10-6-20(7-11-23)28(15-16-28)19-33-21-4-2-3-5-21/h6-13,21,33H,2-5,14-19H2,1H3. The molecule has 1 unspecified atom stereocenters. The molecule has 1 aromatic heterocycles. The van der Waals surface area contributed by atoms with E-state index in [-0.39, 0.29) is 30.5 Å². The van der Waals surface area contributed by atoms with E-state index in [1.165, 1.54) is 43.0 Å². The topological polar surface area (TPSA) is 62.1 Å². The molecule has 3 aromatic rings. The first kappa shape index (κ1) is 25.4. The van der Waals surface area contributed by atoms with E-state index in [9.17, 15) is 18.4 Å². The minimum Gasteiger partial charge on any atom is -0.627 e. The number of hydroxylamine groups is 2. The van der Waals surface area contributed by atoms with Crippen LogP contribution in [0.5, 0.6) is 5.75 Å². The van der Waals surface area contributed by atoms with Gasteiger partial charge in [0.05, 0.1) is 19.3 Å². The Morgan fingerprint density at radius 3 is 2.37 bits per heavy atom. The summed E-state index contributed by atoms with van der Waals surface area (Å²) in [5.74, 6) is 0.590. The molecule has 38 heavy (non-hydrogen) atoms. The fraction of sp³-hybridized carbons (Fsp3) is 0.483. The number of rotatable bonds is 7. The molecule has 0 bridgehead atoms. The molecule has 0 saturated heterocycles. The van der Waals surface area contributed by atoms with Crippen LogP contribution in [0.2, 0.25) is 0 Å². The highest BCUT2D eigenvalue weighted by molar-refractivity contribution is 5.51. The van der Waals surface area contributed by atoms with Crippen LogP contribution in [0.25, 0.3) is 5.69 Å². The Labute approximate surface area is 220 Å². The predicted molar refractivity (Wildman–Crippen MR) is 140 cm³/mol. The number of aromatic nitrogens is 2. The highest BCUT2D eigenvalue weighted by Gasteiger charge is 2.45. The second-order valence-electron chi connectivity index (χ2n) is 11.1. The molecule has 1 atom stereocenters. The minimum atomic E-state index is -4.59. The molecule has 2 fully saturated rings. The van der Waals surface area contributed by atoms with E-state index < -0.39 is 16.5 Å². The van der Waals surface area contributed by atoms with E-state index in [1.807, 2.05) is 24.3 Å². The summed E-state index contributed by atoms with van der Waals surface area (Å²) < 4.78 is 47.4. The van der Waals surface area contributed by atoms with Crippen molar-refractivity contribution < 1.29 is 17.9 Å². The quantitative estimate of drug-likeness (QED) is 0.302. The summed E-state index contributed by atoms with van der Waals surface area (Å²) in [5.41, 5.74) is 1.92. The van der Waals surface area contributed by atoms with Gasteiger partial charge < -0.3 is 19.9 Å². The van der Waals surface area contributed by atoms with E-state index in [2.05, 4.69) is 10.4 Å². The zero-order chi connectivity index (χ0) is 26.5. The lowest BCUT2D eigenvalue weighted by atomic mass is 9.94. The average Bonchev–Trinajstić information content (AvgIpc) is 3.33. The molecule has 6 rings (SSSR count). The molecule has 0 spiro atoms. The fourth-order valence-electron chi connectivity index (χ4n) is 6.18. The third-order valence-electron chi connectivity index (χ3n) is 8.69. The number of hydrogen-bond acceptors (Lipinski definition) is 4. The van der Waals surface area contributed by atoms with E-state index in [4.69, 9.17) is 4.74 Å². The van der Waals surface area contributed by atoms with Crippen LogP contribution in [0, 0.1) is 5.21 Å². The number of hydrogen-bond donors (Lipinski definition) is 1. The van der Waals surface area contributed by atoms with Gasteiger partial charge in [-0.3, -0.25) is 0 Å². The van der Waals surface area contributed by atoms with Crippen molar-refractivity contribution in [1.82, 2.24) is 19.7 Å². The first-order valence-electron chi connectivity index (χ1n) is 13.5. The summed E-state index contributed by atoms with van der Waals surface area (Å²) in [7, 11) is 1.53.